The first-order chi connectivity index (χ1) is 3.80. The van der Waals surface area contributed by atoms with Gasteiger partial charge in [0.2, 0.25) is 0 Å². The Hall–Kier alpha value is -0.500. The van der Waals surface area contributed by atoms with Crippen LogP contribution in [0.1, 0.15) is 0 Å². The molecule has 0 aromatic heterocycles. The Kier molecular flexibility index (Phi) is 1.53. The predicted molar refractivity (Wildman–Crippen MR) is 36.1 cm³/mol. The molecule has 0 bridgehead atoms. The molecule has 42 valence electrons. The maximum absolute atomic E-state index is 10.6. The van der Waals surface area contributed by atoms with E-state index in [1.165, 1.54) is 6.08 Å². The molecule has 0 radical (unpaired) electrons. The van der Waals surface area contributed by atoms with Crippen LogP contribution >= 0.6 is 12.6 Å². The highest BCUT2D eigenvalue weighted by atomic mass is 32.1. The second-order valence-electron chi connectivity index (χ2n) is 1.59. The Morgan fingerprint density at radius 3 is 2.62 bits per heavy atom. The molecular formula is C6H6OS. The molecule has 0 aromatic carbocycles. The van der Waals surface area contributed by atoms with Crippen LogP contribution < -0.4 is 0 Å². The number of hydrogen-bond acceptors (Lipinski definition) is 2. The average molecular weight is 126 g/mol. The zero-order valence-electron chi connectivity index (χ0n) is 4.24. The van der Waals surface area contributed by atoms with E-state index in [4.69, 9.17) is 0 Å². The molecule has 8 heavy (non-hydrogen) atoms. The van der Waals surface area contributed by atoms with E-state index >= 15 is 0 Å². The van der Waals surface area contributed by atoms with Gasteiger partial charge in [-0.1, -0.05) is 18.2 Å². The minimum Gasteiger partial charge on any atom is -0.293 e. The molecular weight excluding hydrogens is 120 g/mol. The van der Waals surface area contributed by atoms with E-state index in [-0.39, 0.29) is 11.0 Å². The molecule has 0 amide bonds. The summed E-state index contributed by atoms with van der Waals surface area (Å²) >= 11 is 3.97. The fourth-order valence-electron chi connectivity index (χ4n) is 0.513. The zero-order valence-corrected chi connectivity index (χ0v) is 5.14. The van der Waals surface area contributed by atoms with E-state index in [2.05, 4.69) is 12.6 Å². The standard InChI is InChI=1S/C6H6OS/c7-5-3-1-2-4-6(5)8/h1-4,6,8H. The highest BCUT2D eigenvalue weighted by Gasteiger charge is 2.07. The quantitative estimate of drug-likeness (QED) is 0.479. The van der Waals surface area contributed by atoms with E-state index in [0.717, 1.165) is 0 Å². The van der Waals surface area contributed by atoms with Crippen molar-refractivity contribution in [3.8, 4) is 0 Å². The largest absolute Gasteiger partial charge is 0.293 e. The van der Waals surface area contributed by atoms with Gasteiger partial charge in [0.1, 0.15) is 0 Å². The molecule has 1 atom stereocenters. The molecule has 0 saturated carbocycles. The van der Waals surface area contributed by atoms with E-state index < -0.39 is 0 Å². The minimum atomic E-state index is -0.208. The van der Waals surface area contributed by atoms with Crippen LogP contribution in [0.4, 0.5) is 0 Å². The van der Waals surface area contributed by atoms with Crippen molar-refractivity contribution in [2.75, 3.05) is 0 Å². The molecule has 1 unspecified atom stereocenters. The van der Waals surface area contributed by atoms with Crippen LogP contribution in [0.15, 0.2) is 24.3 Å². The highest BCUT2D eigenvalue weighted by Crippen LogP contribution is 2.04. The van der Waals surface area contributed by atoms with Gasteiger partial charge < -0.3 is 0 Å². The van der Waals surface area contributed by atoms with Gasteiger partial charge in [-0.25, -0.2) is 0 Å². The maximum atomic E-state index is 10.6. The summed E-state index contributed by atoms with van der Waals surface area (Å²) in [5.41, 5.74) is 0. The van der Waals surface area contributed by atoms with Gasteiger partial charge in [-0.3, -0.25) is 4.79 Å². The van der Waals surface area contributed by atoms with Crippen LogP contribution in [-0.2, 0) is 4.79 Å². The van der Waals surface area contributed by atoms with Crippen molar-refractivity contribution in [2.45, 2.75) is 5.25 Å². The third kappa shape index (κ3) is 1.01. The Labute approximate surface area is 53.5 Å². The van der Waals surface area contributed by atoms with Crippen molar-refractivity contribution in [2.24, 2.45) is 0 Å². The van der Waals surface area contributed by atoms with Gasteiger partial charge in [0.25, 0.3) is 0 Å². The lowest BCUT2D eigenvalue weighted by molar-refractivity contribution is -0.113. The van der Waals surface area contributed by atoms with E-state index in [0.29, 0.717) is 0 Å². The first-order valence-corrected chi connectivity index (χ1v) is 2.89. The minimum absolute atomic E-state index is 0.0656. The van der Waals surface area contributed by atoms with Crippen LogP contribution in [0.25, 0.3) is 0 Å². The van der Waals surface area contributed by atoms with Gasteiger partial charge in [0, 0.05) is 0 Å². The van der Waals surface area contributed by atoms with Crippen molar-refractivity contribution < 1.29 is 4.79 Å². The molecule has 1 aliphatic carbocycles. The van der Waals surface area contributed by atoms with Gasteiger partial charge in [0.05, 0.1) is 5.25 Å². The molecule has 0 aliphatic heterocycles. The summed E-state index contributed by atoms with van der Waals surface area (Å²) in [5.74, 6) is 0.0656. The molecule has 2 heteroatoms. The molecule has 0 saturated heterocycles. The molecule has 0 fully saturated rings. The summed E-state index contributed by atoms with van der Waals surface area (Å²) in [5, 5.41) is -0.208. The number of hydrogen-bond donors (Lipinski definition) is 1. The van der Waals surface area contributed by atoms with Gasteiger partial charge >= 0.3 is 0 Å². The van der Waals surface area contributed by atoms with Crippen LogP contribution in [0.5, 0.6) is 0 Å². The summed E-state index contributed by atoms with van der Waals surface area (Å²) in [6, 6.07) is 0. The van der Waals surface area contributed by atoms with E-state index in [9.17, 15) is 4.79 Å². The maximum Gasteiger partial charge on any atom is 0.172 e. The van der Waals surface area contributed by atoms with Crippen LogP contribution in [-0.4, -0.2) is 11.0 Å². The third-order valence-electron chi connectivity index (χ3n) is 0.957. The molecule has 0 aromatic rings. The Balaban J connectivity index is 2.74. The average Bonchev–Trinajstić information content (AvgIpc) is 1.77. The lowest BCUT2D eigenvalue weighted by Gasteiger charge is -2.00. The van der Waals surface area contributed by atoms with Gasteiger partial charge in [-0.2, -0.15) is 12.6 Å². The van der Waals surface area contributed by atoms with Crippen LogP contribution in [0, 0.1) is 0 Å². The van der Waals surface area contributed by atoms with Crippen molar-refractivity contribution in [3.05, 3.63) is 24.3 Å². The zero-order chi connectivity index (χ0) is 5.98. The van der Waals surface area contributed by atoms with Crippen molar-refractivity contribution in [1.29, 1.82) is 0 Å². The molecule has 1 aliphatic rings. The van der Waals surface area contributed by atoms with Gasteiger partial charge in [0.15, 0.2) is 5.78 Å². The number of thiol groups is 1. The van der Waals surface area contributed by atoms with Crippen molar-refractivity contribution in [1.82, 2.24) is 0 Å². The Morgan fingerprint density at radius 2 is 2.25 bits per heavy atom. The smallest absolute Gasteiger partial charge is 0.172 e. The fourth-order valence-corrected chi connectivity index (χ4v) is 0.699. The lowest BCUT2D eigenvalue weighted by Crippen LogP contribution is -2.09. The van der Waals surface area contributed by atoms with Crippen LogP contribution in [0.2, 0.25) is 0 Å². The fraction of sp³-hybridized carbons (Fsp3) is 0.167. The normalized spacial score (nSPS) is 26.6. The Bertz CT molecular complexity index is 158. The number of allylic oxidation sites excluding steroid dienone is 3. The topological polar surface area (TPSA) is 17.1 Å². The first kappa shape index (κ1) is 5.63. The molecule has 1 rings (SSSR count). The SMILES string of the molecule is O=C1C=CC=CC1S. The molecule has 0 N–H and O–H groups in total. The molecule has 0 heterocycles. The van der Waals surface area contributed by atoms with Crippen LogP contribution in [0.3, 0.4) is 0 Å². The Morgan fingerprint density at radius 1 is 1.50 bits per heavy atom. The number of carbonyl (C=O) groups is 1. The second kappa shape index (κ2) is 2.18. The summed E-state index contributed by atoms with van der Waals surface area (Å²) in [6.07, 6.45) is 6.82. The third-order valence-corrected chi connectivity index (χ3v) is 1.38. The second-order valence-corrected chi connectivity index (χ2v) is 2.15. The van der Waals surface area contributed by atoms with Gasteiger partial charge in [-0.05, 0) is 6.08 Å². The summed E-state index contributed by atoms with van der Waals surface area (Å²) in [6.45, 7) is 0. The first-order valence-electron chi connectivity index (χ1n) is 2.37. The van der Waals surface area contributed by atoms with E-state index in [1.807, 2.05) is 6.08 Å². The summed E-state index contributed by atoms with van der Waals surface area (Å²) < 4.78 is 0. The van der Waals surface area contributed by atoms with Crippen molar-refractivity contribution in [3.63, 3.8) is 0 Å². The predicted octanol–water partition coefficient (Wildman–Crippen LogP) is 0.980. The molecule has 0 spiro atoms. The number of rotatable bonds is 0. The number of ketones is 1. The summed E-state index contributed by atoms with van der Waals surface area (Å²) in [7, 11) is 0. The van der Waals surface area contributed by atoms with E-state index in [1.54, 1.807) is 12.2 Å². The van der Waals surface area contributed by atoms with Crippen molar-refractivity contribution >= 4 is 18.4 Å². The summed E-state index contributed by atoms with van der Waals surface area (Å²) in [4.78, 5) is 10.6. The highest BCUT2D eigenvalue weighted by molar-refractivity contribution is 7.82. The monoisotopic (exact) mass is 126 g/mol. The van der Waals surface area contributed by atoms with Gasteiger partial charge in [-0.15, -0.1) is 0 Å². The number of carbonyl (C=O) groups excluding carboxylic acids is 1. The molecule has 1 nitrogen and oxygen atoms in total. The lowest BCUT2D eigenvalue weighted by atomic mass is 10.2.